The first-order valence-corrected chi connectivity index (χ1v) is 10.3. The SMILES string of the molecule is Cc1csc(=O)n1CC(=O)O[C@@H](C)C(=O)Nc1ccc(N2CCCCC2)cc1. The summed E-state index contributed by atoms with van der Waals surface area (Å²) in [5, 5.41) is 4.44. The number of esters is 1. The number of hydrogen-bond acceptors (Lipinski definition) is 6. The molecule has 1 aliphatic heterocycles. The van der Waals surface area contributed by atoms with Gasteiger partial charge in [0, 0.05) is 35.5 Å². The van der Waals surface area contributed by atoms with Crippen LogP contribution in [0.2, 0.25) is 0 Å². The molecule has 2 aromatic rings. The Morgan fingerprint density at radius 3 is 2.46 bits per heavy atom. The van der Waals surface area contributed by atoms with Crippen molar-refractivity contribution in [2.45, 2.75) is 45.8 Å². The van der Waals surface area contributed by atoms with Gasteiger partial charge in [-0.05, 0) is 57.4 Å². The number of rotatable bonds is 6. The Hall–Kier alpha value is -2.61. The molecule has 0 unspecified atom stereocenters. The molecule has 0 aliphatic carbocycles. The Balaban J connectivity index is 1.52. The van der Waals surface area contributed by atoms with Crippen molar-refractivity contribution in [3.8, 4) is 0 Å². The van der Waals surface area contributed by atoms with Crippen LogP contribution in [0.15, 0.2) is 34.4 Å². The highest BCUT2D eigenvalue weighted by atomic mass is 32.1. The third kappa shape index (κ3) is 5.01. The van der Waals surface area contributed by atoms with Crippen LogP contribution in [0.25, 0.3) is 0 Å². The summed E-state index contributed by atoms with van der Waals surface area (Å²) in [7, 11) is 0. The van der Waals surface area contributed by atoms with Crippen LogP contribution in [0.1, 0.15) is 31.9 Å². The molecule has 1 aliphatic rings. The fourth-order valence-corrected chi connectivity index (χ4v) is 3.90. The van der Waals surface area contributed by atoms with Crippen LogP contribution in [-0.4, -0.2) is 35.6 Å². The summed E-state index contributed by atoms with van der Waals surface area (Å²) >= 11 is 1.03. The number of nitrogens with one attached hydrogen (secondary N) is 1. The van der Waals surface area contributed by atoms with Crippen LogP contribution in [0, 0.1) is 6.92 Å². The van der Waals surface area contributed by atoms with Gasteiger partial charge in [-0.2, -0.15) is 0 Å². The normalized spacial score (nSPS) is 15.1. The number of nitrogens with zero attached hydrogens (tertiary/aromatic N) is 2. The number of carbonyl (C=O) groups is 2. The van der Waals surface area contributed by atoms with Crippen molar-refractivity contribution in [1.82, 2.24) is 4.57 Å². The second-order valence-corrected chi connectivity index (χ2v) is 7.77. The lowest BCUT2D eigenvalue weighted by Crippen LogP contribution is -2.32. The molecule has 1 atom stereocenters. The average Bonchev–Trinajstić information content (AvgIpc) is 3.01. The van der Waals surface area contributed by atoms with Crippen molar-refractivity contribution in [2.24, 2.45) is 0 Å². The van der Waals surface area contributed by atoms with E-state index in [2.05, 4.69) is 10.2 Å². The fraction of sp³-hybridized carbons (Fsp3) is 0.450. The Labute approximate surface area is 167 Å². The molecule has 150 valence electrons. The molecule has 28 heavy (non-hydrogen) atoms. The summed E-state index contributed by atoms with van der Waals surface area (Å²) in [6.07, 6.45) is 2.74. The van der Waals surface area contributed by atoms with Crippen molar-refractivity contribution >= 4 is 34.6 Å². The van der Waals surface area contributed by atoms with Gasteiger partial charge in [0.1, 0.15) is 6.54 Å². The number of piperidine rings is 1. The monoisotopic (exact) mass is 403 g/mol. The number of carbonyl (C=O) groups excluding carboxylic acids is 2. The van der Waals surface area contributed by atoms with Gasteiger partial charge in [0.05, 0.1) is 0 Å². The molecule has 1 fully saturated rings. The number of amides is 1. The molecule has 8 heteroatoms. The van der Waals surface area contributed by atoms with Crippen LogP contribution in [0.4, 0.5) is 11.4 Å². The van der Waals surface area contributed by atoms with E-state index in [9.17, 15) is 14.4 Å². The third-order valence-electron chi connectivity index (χ3n) is 4.80. The van der Waals surface area contributed by atoms with Crippen molar-refractivity contribution < 1.29 is 14.3 Å². The van der Waals surface area contributed by atoms with E-state index >= 15 is 0 Å². The first-order valence-electron chi connectivity index (χ1n) is 9.44. The molecule has 0 bridgehead atoms. The maximum absolute atomic E-state index is 12.3. The predicted octanol–water partition coefficient (Wildman–Crippen LogP) is 2.78. The number of aromatic nitrogens is 1. The largest absolute Gasteiger partial charge is 0.451 e. The minimum absolute atomic E-state index is 0.198. The first-order chi connectivity index (χ1) is 13.4. The highest BCUT2D eigenvalue weighted by Crippen LogP contribution is 2.22. The number of hydrogen-bond donors (Lipinski definition) is 1. The molecule has 0 radical (unpaired) electrons. The fourth-order valence-electron chi connectivity index (χ4n) is 3.16. The predicted molar refractivity (Wildman–Crippen MR) is 110 cm³/mol. The van der Waals surface area contributed by atoms with Gasteiger partial charge in [-0.25, -0.2) is 0 Å². The number of thiazole rings is 1. The average molecular weight is 404 g/mol. The summed E-state index contributed by atoms with van der Waals surface area (Å²) in [5.41, 5.74) is 2.49. The number of anilines is 2. The van der Waals surface area contributed by atoms with Crippen LogP contribution in [0.3, 0.4) is 0 Å². The van der Waals surface area contributed by atoms with Crippen molar-refractivity contribution in [3.63, 3.8) is 0 Å². The molecule has 1 amide bonds. The Bertz CT molecular complexity index is 882. The summed E-state index contributed by atoms with van der Waals surface area (Å²) in [5.74, 6) is -1.03. The summed E-state index contributed by atoms with van der Waals surface area (Å²) < 4.78 is 6.50. The Morgan fingerprint density at radius 2 is 1.86 bits per heavy atom. The standard InChI is InChI=1S/C20H25N3O4S/c1-14-13-28-20(26)23(14)12-18(24)27-15(2)19(25)21-16-6-8-17(9-7-16)22-10-4-3-5-11-22/h6-9,13,15H,3-5,10-12H2,1-2H3,(H,21,25)/t15-/m0/s1. The molecule has 1 aromatic carbocycles. The molecule has 2 heterocycles. The van der Waals surface area contributed by atoms with E-state index in [1.165, 1.54) is 30.8 Å². The van der Waals surface area contributed by atoms with E-state index in [0.29, 0.717) is 11.4 Å². The zero-order chi connectivity index (χ0) is 20.1. The molecular formula is C20H25N3O4S. The topological polar surface area (TPSA) is 80.6 Å². The summed E-state index contributed by atoms with van der Waals surface area (Å²) in [4.78, 5) is 38.1. The van der Waals surface area contributed by atoms with E-state index in [1.54, 1.807) is 12.3 Å². The van der Waals surface area contributed by atoms with Gasteiger partial charge in [-0.15, -0.1) is 0 Å². The second kappa shape index (κ2) is 9.05. The quantitative estimate of drug-likeness (QED) is 0.750. The third-order valence-corrected chi connectivity index (χ3v) is 5.68. The maximum Gasteiger partial charge on any atom is 0.326 e. The van der Waals surface area contributed by atoms with Gasteiger partial charge in [0.15, 0.2) is 6.10 Å². The Kier molecular flexibility index (Phi) is 6.51. The van der Waals surface area contributed by atoms with E-state index in [1.807, 2.05) is 24.3 Å². The van der Waals surface area contributed by atoms with Gasteiger partial charge in [0.25, 0.3) is 5.91 Å². The zero-order valence-electron chi connectivity index (χ0n) is 16.1. The zero-order valence-corrected chi connectivity index (χ0v) is 17.0. The lowest BCUT2D eigenvalue weighted by Gasteiger charge is -2.28. The van der Waals surface area contributed by atoms with Gasteiger partial charge >= 0.3 is 10.8 Å². The minimum atomic E-state index is -0.955. The maximum atomic E-state index is 12.3. The van der Waals surface area contributed by atoms with Crippen LogP contribution in [0.5, 0.6) is 0 Å². The molecular weight excluding hydrogens is 378 g/mol. The molecule has 0 saturated carbocycles. The van der Waals surface area contributed by atoms with E-state index < -0.39 is 18.0 Å². The van der Waals surface area contributed by atoms with Crippen molar-refractivity contribution in [2.75, 3.05) is 23.3 Å². The second-order valence-electron chi connectivity index (χ2n) is 6.95. The number of benzene rings is 1. The van der Waals surface area contributed by atoms with Crippen LogP contribution in [-0.2, 0) is 20.9 Å². The summed E-state index contributed by atoms with van der Waals surface area (Å²) in [6, 6.07) is 7.68. The minimum Gasteiger partial charge on any atom is -0.451 e. The molecule has 7 nitrogen and oxygen atoms in total. The van der Waals surface area contributed by atoms with E-state index in [4.69, 9.17) is 4.74 Å². The summed E-state index contributed by atoms with van der Waals surface area (Å²) in [6.45, 7) is 5.18. The van der Waals surface area contributed by atoms with Gasteiger partial charge < -0.3 is 15.0 Å². The highest BCUT2D eigenvalue weighted by Gasteiger charge is 2.19. The lowest BCUT2D eigenvalue weighted by molar-refractivity contribution is -0.153. The number of aryl methyl sites for hydroxylation is 1. The Morgan fingerprint density at radius 1 is 1.18 bits per heavy atom. The van der Waals surface area contributed by atoms with Crippen LogP contribution < -0.4 is 15.1 Å². The van der Waals surface area contributed by atoms with E-state index in [0.717, 1.165) is 30.1 Å². The van der Waals surface area contributed by atoms with Crippen molar-refractivity contribution in [3.05, 3.63) is 45.0 Å². The van der Waals surface area contributed by atoms with Gasteiger partial charge in [0.2, 0.25) is 0 Å². The molecule has 1 aromatic heterocycles. The van der Waals surface area contributed by atoms with Crippen molar-refractivity contribution in [1.29, 1.82) is 0 Å². The molecule has 3 rings (SSSR count). The molecule has 0 spiro atoms. The van der Waals surface area contributed by atoms with Crippen LogP contribution >= 0.6 is 11.3 Å². The smallest absolute Gasteiger partial charge is 0.326 e. The number of ether oxygens (including phenoxy) is 1. The van der Waals surface area contributed by atoms with Gasteiger partial charge in [-0.3, -0.25) is 19.0 Å². The van der Waals surface area contributed by atoms with Gasteiger partial charge in [-0.1, -0.05) is 11.3 Å². The molecule has 1 saturated heterocycles. The highest BCUT2D eigenvalue weighted by molar-refractivity contribution is 7.07. The lowest BCUT2D eigenvalue weighted by atomic mass is 10.1. The van der Waals surface area contributed by atoms with E-state index in [-0.39, 0.29) is 11.4 Å². The first kappa shape index (κ1) is 20.1. The molecule has 1 N–H and O–H groups in total.